The summed E-state index contributed by atoms with van der Waals surface area (Å²) in [5.41, 5.74) is 1.67. The van der Waals surface area contributed by atoms with Crippen molar-refractivity contribution in [3.63, 3.8) is 0 Å². The van der Waals surface area contributed by atoms with Gasteiger partial charge in [0.1, 0.15) is 5.82 Å². The normalized spacial score (nSPS) is 11.2. The maximum Gasteiger partial charge on any atom is 0.165 e. The molecule has 0 fully saturated rings. The van der Waals surface area contributed by atoms with E-state index in [1.807, 2.05) is 6.07 Å². The maximum atomic E-state index is 14.4. The van der Waals surface area contributed by atoms with Crippen LogP contribution >= 0.6 is 34.8 Å². The summed E-state index contributed by atoms with van der Waals surface area (Å²) < 4.78 is 16.1. The summed E-state index contributed by atoms with van der Waals surface area (Å²) in [5.74, 6) is 0.520. The molecule has 108 valence electrons. The Morgan fingerprint density at radius 1 is 1.05 bits per heavy atom. The van der Waals surface area contributed by atoms with Crippen molar-refractivity contribution in [3.05, 3.63) is 58.1 Å². The molecule has 0 aliphatic carbocycles. The zero-order chi connectivity index (χ0) is 15.0. The highest BCUT2D eigenvalue weighted by Crippen LogP contribution is 2.31. The van der Waals surface area contributed by atoms with E-state index in [0.717, 1.165) is 0 Å². The highest BCUT2D eigenvalue weighted by Gasteiger charge is 2.18. The lowest BCUT2D eigenvalue weighted by molar-refractivity contribution is 0.617. The number of hydrogen-bond donors (Lipinski definition) is 0. The van der Waals surface area contributed by atoms with Gasteiger partial charge in [-0.2, -0.15) is 0 Å². The van der Waals surface area contributed by atoms with Crippen molar-refractivity contribution >= 4 is 45.8 Å². The van der Waals surface area contributed by atoms with Crippen LogP contribution in [-0.4, -0.2) is 15.4 Å². The summed E-state index contributed by atoms with van der Waals surface area (Å²) in [7, 11) is 0. The topological polar surface area (TPSA) is 17.8 Å². The molecule has 0 N–H and O–H groups in total. The van der Waals surface area contributed by atoms with Gasteiger partial charge in [-0.25, -0.2) is 9.37 Å². The largest absolute Gasteiger partial charge is 0.292 e. The number of rotatable bonds is 3. The first kappa shape index (κ1) is 14.6. The Morgan fingerprint density at radius 2 is 1.76 bits per heavy atom. The van der Waals surface area contributed by atoms with E-state index in [4.69, 9.17) is 34.8 Å². The average molecular weight is 344 g/mol. The van der Waals surface area contributed by atoms with Gasteiger partial charge in [0.05, 0.1) is 26.8 Å². The molecule has 0 atom stereocenters. The minimum absolute atomic E-state index is 0.0539. The number of benzene rings is 2. The van der Waals surface area contributed by atoms with E-state index in [1.54, 1.807) is 28.8 Å². The molecule has 0 radical (unpaired) electrons. The SMILES string of the molecule is Fc1c(Cl)cccc1-n1c(CCCl)nc2cccc(Cl)c21. The van der Waals surface area contributed by atoms with Gasteiger partial charge in [-0.3, -0.25) is 4.57 Å². The third-order valence-electron chi connectivity index (χ3n) is 3.19. The molecule has 6 heteroatoms. The van der Waals surface area contributed by atoms with Crippen molar-refractivity contribution in [2.75, 3.05) is 5.88 Å². The summed E-state index contributed by atoms with van der Waals surface area (Å²) in [6.07, 6.45) is 0.499. The predicted octanol–water partition coefficient (Wildman–Crippen LogP) is 5.25. The number of aryl methyl sites for hydroxylation is 1. The van der Waals surface area contributed by atoms with Gasteiger partial charge >= 0.3 is 0 Å². The van der Waals surface area contributed by atoms with Crippen LogP contribution in [0.25, 0.3) is 16.7 Å². The van der Waals surface area contributed by atoms with Gasteiger partial charge in [-0.1, -0.05) is 35.3 Å². The summed E-state index contributed by atoms with van der Waals surface area (Å²) >= 11 is 18.0. The molecule has 1 heterocycles. The van der Waals surface area contributed by atoms with Crippen LogP contribution in [0.15, 0.2) is 36.4 Å². The van der Waals surface area contributed by atoms with E-state index < -0.39 is 5.82 Å². The van der Waals surface area contributed by atoms with E-state index >= 15 is 0 Å². The van der Waals surface area contributed by atoms with E-state index in [1.165, 1.54) is 6.07 Å². The molecule has 1 aromatic heterocycles. The fourth-order valence-corrected chi connectivity index (χ4v) is 2.90. The Hall–Kier alpha value is -1.29. The minimum Gasteiger partial charge on any atom is -0.292 e. The number of para-hydroxylation sites is 1. The lowest BCUT2D eigenvalue weighted by atomic mass is 10.2. The molecule has 0 saturated carbocycles. The Bertz CT molecular complexity index is 814. The molecular formula is C15H10Cl3FN2. The monoisotopic (exact) mass is 342 g/mol. The van der Waals surface area contributed by atoms with Crippen molar-refractivity contribution in [1.29, 1.82) is 0 Å². The van der Waals surface area contributed by atoms with Crippen LogP contribution in [0, 0.1) is 5.82 Å². The molecule has 2 nitrogen and oxygen atoms in total. The third kappa shape index (κ3) is 2.50. The first-order chi connectivity index (χ1) is 10.1. The van der Waals surface area contributed by atoms with Crippen LogP contribution in [-0.2, 0) is 6.42 Å². The second-order valence-electron chi connectivity index (χ2n) is 4.48. The first-order valence-electron chi connectivity index (χ1n) is 6.29. The van der Waals surface area contributed by atoms with Gasteiger partial charge in [0.25, 0.3) is 0 Å². The van der Waals surface area contributed by atoms with Crippen molar-refractivity contribution < 1.29 is 4.39 Å². The molecule has 0 bridgehead atoms. The summed E-state index contributed by atoms with van der Waals surface area (Å²) in [4.78, 5) is 4.49. The number of fused-ring (bicyclic) bond motifs is 1. The maximum absolute atomic E-state index is 14.4. The lowest BCUT2D eigenvalue weighted by Gasteiger charge is -2.11. The number of alkyl halides is 1. The van der Waals surface area contributed by atoms with E-state index in [0.29, 0.717) is 39.9 Å². The van der Waals surface area contributed by atoms with Gasteiger partial charge in [0, 0.05) is 12.3 Å². The smallest absolute Gasteiger partial charge is 0.165 e. The summed E-state index contributed by atoms with van der Waals surface area (Å²) in [6, 6.07) is 10.2. The molecule has 0 saturated heterocycles. The van der Waals surface area contributed by atoms with Crippen molar-refractivity contribution in [2.24, 2.45) is 0 Å². The molecule has 21 heavy (non-hydrogen) atoms. The highest BCUT2D eigenvalue weighted by molar-refractivity contribution is 6.35. The molecular weight excluding hydrogens is 334 g/mol. The Balaban J connectivity index is 2.39. The lowest BCUT2D eigenvalue weighted by Crippen LogP contribution is -2.05. The number of hydrogen-bond acceptors (Lipinski definition) is 1. The van der Waals surface area contributed by atoms with Gasteiger partial charge in [-0.05, 0) is 24.3 Å². The zero-order valence-corrected chi connectivity index (χ0v) is 13.1. The van der Waals surface area contributed by atoms with E-state index in [2.05, 4.69) is 4.98 Å². The fraction of sp³-hybridized carbons (Fsp3) is 0.133. The Labute approximate surface area is 136 Å². The van der Waals surface area contributed by atoms with Crippen molar-refractivity contribution in [2.45, 2.75) is 6.42 Å². The second-order valence-corrected chi connectivity index (χ2v) is 5.68. The van der Waals surface area contributed by atoms with Crippen LogP contribution in [0.1, 0.15) is 5.82 Å². The second kappa shape index (κ2) is 5.84. The molecule has 0 unspecified atom stereocenters. The zero-order valence-electron chi connectivity index (χ0n) is 10.8. The highest BCUT2D eigenvalue weighted by atomic mass is 35.5. The van der Waals surface area contributed by atoms with Crippen LogP contribution in [0.5, 0.6) is 0 Å². The number of aromatic nitrogens is 2. The molecule has 3 rings (SSSR count). The van der Waals surface area contributed by atoms with Crippen LogP contribution in [0.4, 0.5) is 4.39 Å². The number of nitrogens with zero attached hydrogens (tertiary/aromatic N) is 2. The van der Waals surface area contributed by atoms with Gasteiger partial charge < -0.3 is 0 Å². The third-order valence-corrected chi connectivity index (χ3v) is 3.97. The van der Waals surface area contributed by atoms with Crippen molar-refractivity contribution in [3.8, 4) is 5.69 Å². The fourth-order valence-electron chi connectivity index (χ4n) is 2.31. The van der Waals surface area contributed by atoms with Crippen LogP contribution in [0.3, 0.4) is 0 Å². The van der Waals surface area contributed by atoms with E-state index in [9.17, 15) is 4.39 Å². The standard InChI is InChI=1S/C15H10Cl3FN2/c16-8-7-13-20-11-5-1-4-10(18)15(11)21(13)12-6-2-3-9(17)14(12)19/h1-6H,7-8H2. The van der Waals surface area contributed by atoms with Gasteiger partial charge in [-0.15, -0.1) is 11.6 Å². The Kier molecular flexibility index (Phi) is 4.07. The van der Waals surface area contributed by atoms with Gasteiger partial charge in [0.2, 0.25) is 0 Å². The summed E-state index contributed by atoms with van der Waals surface area (Å²) in [6.45, 7) is 0. The van der Waals surface area contributed by atoms with Crippen LogP contribution < -0.4 is 0 Å². The van der Waals surface area contributed by atoms with Crippen molar-refractivity contribution in [1.82, 2.24) is 9.55 Å². The number of imidazole rings is 1. The molecule has 0 aliphatic heterocycles. The first-order valence-corrected chi connectivity index (χ1v) is 7.58. The molecule has 0 amide bonds. The quantitative estimate of drug-likeness (QED) is 0.594. The minimum atomic E-state index is -0.505. The van der Waals surface area contributed by atoms with Gasteiger partial charge in [0.15, 0.2) is 5.82 Å². The predicted molar refractivity (Wildman–Crippen MR) is 85.5 cm³/mol. The summed E-state index contributed by atoms with van der Waals surface area (Å²) in [5, 5.41) is 0.554. The average Bonchev–Trinajstić information content (AvgIpc) is 2.82. The molecule has 3 aromatic rings. The molecule has 0 spiro atoms. The number of halogens is 4. The van der Waals surface area contributed by atoms with E-state index in [-0.39, 0.29) is 5.02 Å². The van der Waals surface area contributed by atoms with Crippen LogP contribution in [0.2, 0.25) is 10.0 Å². The molecule has 0 aliphatic rings. The Morgan fingerprint density at radius 3 is 2.52 bits per heavy atom. The molecule has 2 aromatic carbocycles.